The maximum absolute atomic E-state index is 4.98. The van der Waals surface area contributed by atoms with Gasteiger partial charge in [0.1, 0.15) is 0 Å². The molecule has 4 heavy (non-hydrogen) atoms. The van der Waals surface area contributed by atoms with Crippen molar-refractivity contribution >= 4 is 9.24 Å². The van der Waals surface area contributed by atoms with E-state index in [9.17, 15) is 0 Å². The van der Waals surface area contributed by atoms with Crippen LogP contribution in [0.1, 0.15) is 0 Å². The minimum absolute atomic E-state index is 0.733. The molecular formula is C2H7NP. The molecule has 0 amide bonds. The maximum atomic E-state index is 4.98. The normalized spacial score (nSPS) is 7.50. The summed E-state index contributed by atoms with van der Waals surface area (Å²) in [7, 11) is 3.16. The summed E-state index contributed by atoms with van der Waals surface area (Å²) in [6.07, 6.45) is 0.903. The molecule has 0 aliphatic heterocycles. The van der Waals surface area contributed by atoms with E-state index in [1.165, 1.54) is 0 Å². The minimum atomic E-state index is 0.733. The van der Waals surface area contributed by atoms with Gasteiger partial charge < -0.3 is 5.73 Å². The second-order valence-electron chi connectivity index (χ2n) is 0.539. The number of rotatable bonds is 1. The van der Waals surface area contributed by atoms with Gasteiger partial charge in [-0.2, -0.15) is 0 Å². The second-order valence-corrected chi connectivity index (χ2v) is 1.04. The first-order valence-electron chi connectivity index (χ1n) is 1.26. The molecule has 0 rings (SSSR count). The molecule has 2 heteroatoms. The highest BCUT2D eigenvalue weighted by molar-refractivity contribution is 7.16. The Morgan fingerprint density at radius 1 is 1.75 bits per heavy atom. The first kappa shape index (κ1) is 4.39. The highest BCUT2D eigenvalue weighted by atomic mass is 31.0. The molecule has 0 aromatic heterocycles. The molecule has 0 unspecified atom stereocenters. The van der Waals surface area contributed by atoms with Crippen molar-refractivity contribution in [3.8, 4) is 0 Å². The lowest BCUT2D eigenvalue weighted by atomic mass is 10.8. The molecule has 0 aliphatic carbocycles. The largest absolute Gasteiger partial charge is 0.330 e. The lowest BCUT2D eigenvalue weighted by Crippen LogP contribution is -1.97. The molecule has 0 aromatic carbocycles. The van der Waals surface area contributed by atoms with Crippen LogP contribution in [-0.2, 0) is 0 Å². The van der Waals surface area contributed by atoms with E-state index in [1.807, 2.05) is 0 Å². The van der Waals surface area contributed by atoms with Crippen LogP contribution in [0.4, 0.5) is 0 Å². The van der Waals surface area contributed by atoms with Crippen molar-refractivity contribution in [2.24, 2.45) is 5.73 Å². The van der Waals surface area contributed by atoms with Crippen LogP contribution in [0.5, 0.6) is 0 Å². The van der Waals surface area contributed by atoms with E-state index < -0.39 is 0 Å². The lowest BCUT2D eigenvalue weighted by Gasteiger charge is -1.69. The SMILES string of the molecule is NCC[PH]. The van der Waals surface area contributed by atoms with Crippen molar-refractivity contribution < 1.29 is 0 Å². The third-order valence-electron chi connectivity index (χ3n) is 0.144. The van der Waals surface area contributed by atoms with Gasteiger partial charge in [-0.05, 0) is 12.7 Å². The summed E-state index contributed by atoms with van der Waals surface area (Å²) in [5, 5.41) is 0. The zero-order chi connectivity index (χ0) is 3.41. The van der Waals surface area contributed by atoms with Gasteiger partial charge >= 0.3 is 0 Å². The summed E-state index contributed by atoms with van der Waals surface area (Å²) in [4.78, 5) is 0. The van der Waals surface area contributed by atoms with E-state index in [-0.39, 0.29) is 0 Å². The van der Waals surface area contributed by atoms with Gasteiger partial charge in [0.05, 0.1) is 0 Å². The number of hydrogen-bond donors (Lipinski definition) is 1. The van der Waals surface area contributed by atoms with Gasteiger partial charge in [0.2, 0.25) is 0 Å². The van der Waals surface area contributed by atoms with Crippen molar-refractivity contribution in [1.29, 1.82) is 0 Å². The molecule has 0 bridgehead atoms. The van der Waals surface area contributed by atoms with Crippen LogP contribution >= 0.6 is 9.24 Å². The van der Waals surface area contributed by atoms with E-state index in [2.05, 4.69) is 9.24 Å². The fourth-order valence-electron chi connectivity index (χ4n) is 0. The highest BCUT2D eigenvalue weighted by Gasteiger charge is 1.56. The number of nitrogens with two attached hydrogens (primary N) is 1. The van der Waals surface area contributed by atoms with Gasteiger partial charge in [0, 0.05) is 0 Å². The van der Waals surface area contributed by atoms with Crippen LogP contribution in [0, 0.1) is 0 Å². The third kappa shape index (κ3) is 2.39. The van der Waals surface area contributed by atoms with Crippen LogP contribution < -0.4 is 5.73 Å². The summed E-state index contributed by atoms with van der Waals surface area (Å²) >= 11 is 0. The second kappa shape index (κ2) is 3.39. The van der Waals surface area contributed by atoms with Gasteiger partial charge in [-0.1, -0.05) is 9.24 Å². The summed E-state index contributed by atoms with van der Waals surface area (Å²) < 4.78 is 0. The number of hydrogen-bond acceptors (Lipinski definition) is 1. The van der Waals surface area contributed by atoms with Crippen molar-refractivity contribution in [3.63, 3.8) is 0 Å². The van der Waals surface area contributed by atoms with Crippen LogP contribution in [0.25, 0.3) is 0 Å². The van der Waals surface area contributed by atoms with Gasteiger partial charge in [-0.15, -0.1) is 0 Å². The van der Waals surface area contributed by atoms with Crippen LogP contribution in [0.15, 0.2) is 0 Å². The maximum Gasteiger partial charge on any atom is -0.00372 e. The molecule has 0 aliphatic rings. The Bertz CT molecular complexity index is 8.00. The molecule has 2 N–H and O–H groups in total. The zero-order valence-electron chi connectivity index (χ0n) is 2.49. The Morgan fingerprint density at radius 2 is 2.00 bits per heavy atom. The van der Waals surface area contributed by atoms with Crippen molar-refractivity contribution in [3.05, 3.63) is 0 Å². The fraction of sp³-hybridized carbons (Fsp3) is 1.00. The predicted octanol–water partition coefficient (Wildman–Crippen LogP) is 0.0879. The summed E-state index contributed by atoms with van der Waals surface area (Å²) in [5.41, 5.74) is 4.98. The molecule has 0 fully saturated rings. The van der Waals surface area contributed by atoms with Crippen molar-refractivity contribution in [1.82, 2.24) is 0 Å². The molecule has 0 atom stereocenters. The van der Waals surface area contributed by atoms with E-state index in [0.717, 1.165) is 12.7 Å². The molecule has 1 radical (unpaired) electrons. The monoisotopic (exact) mass is 76.0 g/mol. The van der Waals surface area contributed by atoms with Gasteiger partial charge in [0.25, 0.3) is 0 Å². The van der Waals surface area contributed by atoms with E-state index in [4.69, 9.17) is 5.73 Å². The highest BCUT2D eigenvalue weighted by Crippen LogP contribution is 1.68. The van der Waals surface area contributed by atoms with Crippen LogP contribution in [-0.4, -0.2) is 12.7 Å². The summed E-state index contributed by atoms with van der Waals surface area (Å²) in [5.74, 6) is 0. The Balaban J connectivity index is 1.97. The van der Waals surface area contributed by atoms with E-state index >= 15 is 0 Å². The van der Waals surface area contributed by atoms with Gasteiger partial charge in [-0.3, -0.25) is 0 Å². The van der Waals surface area contributed by atoms with Crippen molar-refractivity contribution in [2.45, 2.75) is 0 Å². The Morgan fingerprint density at radius 3 is 2.00 bits per heavy atom. The third-order valence-corrected chi connectivity index (χ3v) is 0.433. The van der Waals surface area contributed by atoms with E-state index in [0.29, 0.717) is 0 Å². The first-order chi connectivity index (χ1) is 1.91. The quantitative estimate of drug-likeness (QED) is 0.440. The van der Waals surface area contributed by atoms with Gasteiger partial charge in [-0.25, -0.2) is 0 Å². The molecule has 25 valence electrons. The summed E-state index contributed by atoms with van der Waals surface area (Å²) in [6, 6.07) is 0. The van der Waals surface area contributed by atoms with Gasteiger partial charge in [0.15, 0.2) is 0 Å². The molecule has 0 aromatic rings. The first-order valence-corrected chi connectivity index (χ1v) is 1.97. The Kier molecular flexibility index (Phi) is 3.72. The standard InChI is InChI=1S/C2H7NP/c3-1-2-4/h4H,1-3H2. The lowest BCUT2D eigenvalue weighted by molar-refractivity contribution is 1.15. The Hall–Kier alpha value is 0.390. The fourth-order valence-corrected chi connectivity index (χ4v) is 0. The van der Waals surface area contributed by atoms with Crippen LogP contribution in [0.3, 0.4) is 0 Å². The molecular weight excluding hydrogens is 69.0 g/mol. The zero-order valence-corrected chi connectivity index (χ0v) is 3.49. The topological polar surface area (TPSA) is 26.0 Å². The average molecular weight is 76.1 g/mol. The average Bonchev–Trinajstić information content (AvgIpc) is 1.37. The Labute approximate surface area is 28.8 Å². The summed E-state index contributed by atoms with van der Waals surface area (Å²) in [6.45, 7) is 0.733. The predicted molar refractivity (Wildman–Crippen MR) is 22.2 cm³/mol. The molecule has 1 nitrogen and oxygen atoms in total. The van der Waals surface area contributed by atoms with Crippen molar-refractivity contribution in [2.75, 3.05) is 12.7 Å². The molecule has 0 heterocycles. The van der Waals surface area contributed by atoms with E-state index in [1.54, 1.807) is 0 Å². The van der Waals surface area contributed by atoms with Crippen LogP contribution in [0.2, 0.25) is 0 Å². The smallest absolute Gasteiger partial charge is 0.00372 e. The molecule has 0 spiro atoms. The minimum Gasteiger partial charge on any atom is -0.330 e. The molecule has 0 saturated heterocycles. The molecule has 0 saturated carbocycles.